The highest BCUT2D eigenvalue weighted by molar-refractivity contribution is 5.93. The molecule has 7 nitrogen and oxygen atoms in total. The number of hydrogen-bond acceptors (Lipinski definition) is 4. The van der Waals surface area contributed by atoms with E-state index in [0.29, 0.717) is 37.5 Å². The summed E-state index contributed by atoms with van der Waals surface area (Å²) in [7, 11) is 1.79. The van der Waals surface area contributed by atoms with Crippen LogP contribution in [-0.2, 0) is 11.8 Å². The maximum atomic E-state index is 12.4. The summed E-state index contributed by atoms with van der Waals surface area (Å²) in [6.07, 6.45) is 6.33. The Kier molecular flexibility index (Phi) is 7.27. The normalized spacial score (nSPS) is 14.6. The SMILES string of the molecule is Cc1cccc(OCCCC(=O)N2CCC(CNC(=O)c3cnn(C)c3)CC2)c1. The van der Waals surface area contributed by atoms with Gasteiger partial charge in [0.2, 0.25) is 5.91 Å². The molecule has 1 aliphatic heterocycles. The lowest BCUT2D eigenvalue weighted by atomic mass is 9.96. The first-order valence-electron chi connectivity index (χ1n) is 10.3. The highest BCUT2D eigenvalue weighted by Gasteiger charge is 2.23. The molecule has 1 N–H and O–H groups in total. The van der Waals surface area contributed by atoms with Crippen LogP contribution in [0.2, 0.25) is 0 Å². The molecule has 1 aromatic carbocycles. The molecule has 1 fully saturated rings. The number of aryl methyl sites for hydroxylation is 2. The Hall–Kier alpha value is -2.83. The number of rotatable bonds is 8. The Labute approximate surface area is 172 Å². The van der Waals surface area contributed by atoms with Crippen molar-refractivity contribution in [1.29, 1.82) is 0 Å². The van der Waals surface area contributed by atoms with Crippen molar-refractivity contribution in [2.75, 3.05) is 26.2 Å². The molecule has 2 heterocycles. The third kappa shape index (κ3) is 6.34. The smallest absolute Gasteiger partial charge is 0.254 e. The average molecular weight is 399 g/mol. The topological polar surface area (TPSA) is 76.5 Å². The Bertz CT molecular complexity index is 825. The molecule has 7 heteroatoms. The van der Waals surface area contributed by atoms with E-state index in [0.717, 1.165) is 37.2 Å². The van der Waals surface area contributed by atoms with Gasteiger partial charge < -0.3 is 15.0 Å². The maximum absolute atomic E-state index is 12.4. The van der Waals surface area contributed by atoms with Crippen molar-refractivity contribution < 1.29 is 14.3 Å². The van der Waals surface area contributed by atoms with Crippen molar-refractivity contribution in [2.45, 2.75) is 32.6 Å². The Morgan fingerprint density at radius 2 is 2.07 bits per heavy atom. The highest BCUT2D eigenvalue weighted by atomic mass is 16.5. The van der Waals surface area contributed by atoms with Crippen molar-refractivity contribution in [2.24, 2.45) is 13.0 Å². The van der Waals surface area contributed by atoms with E-state index in [2.05, 4.69) is 10.4 Å². The van der Waals surface area contributed by atoms with Crippen molar-refractivity contribution in [3.05, 3.63) is 47.8 Å². The number of benzene rings is 1. The van der Waals surface area contributed by atoms with Gasteiger partial charge in [0.25, 0.3) is 5.91 Å². The molecule has 156 valence electrons. The van der Waals surface area contributed by atoms with E-state index >= 15 is 0 Å². The minimum absolute atomic E-state index is 0.0924. The summed E-state index contributed by atoms with van der Waals surface area (Å²) in [6, 6.07) is 7.94. The Morgan fingerprint density at radius 3 is 2.76 bits per heavy atom. The maximum Gasteiger partial charge on any atom is 0.254 e. The van der Waals surface area contributed by atoms with Crippen LogP contribution in [0.15, 0.2) is 36.7 Å². The van der Waals surface area contributed by atoms with E-state index in [4.69, 9.17) is 4.74 Å². The van der Waals surface area contributed by atoms with E-state index in [-0.39, 0.29) is 11.8 Å². The first kappa shape index (κ1) is 20.9. The number of likely N-dealkylation sites (tertiary alicyclic amines) is 1. The molecule has 2 amide bonds. The number of aromatic nitrogens is 2. The van der Waals surface area contributed by atoms with Gasteiger partial charge in [0.05, 0.1) is 18.4 Å². The standard InChI is InChI=1S/C22H30N4O3/c1-17-5-3-6-20(13-17)29-12-4-7-21(27)26-10-8-18(9-11-26)14-23-22(28)19-15-24-25(2)16-19/h3,5-6,13,15-16,18H,4,7-12,14H2,1-2H3,(H,23,28). The van der Waals surface area contributed by atoms with E-state index in [9.17, 15) is 9.59 Å². The number of nitrogens with zero attached hydrogens (tertiary/aromatic N) is 3. The van der Waals surface area contributed by atoms with Crippen LogP contribution in [0.1, 0.15) is 41.6 Å². The molecule has 0 unspecified atom stereocenters. The number of nitrogens with one attached hydrogen (secondary N) is 1. The second-order valence-corrected chi connectivity index (χ2v) is 7.71. The van der Waals surface area contributed by atoms with Gasteiger partial charge in [-0.05, 0) is 49.8 Å². The van der Waals surface area contributed by atoms with Crippen LogP contribution in [-0.4, -0.2) is 52.7 Å². The van der Waals surface area contributed by atoms with E-state index in [1.54, 1.807) is 24.1 Å². The fourth-order valence-electron chi connectivity index (χ4n) is 3.54. The third-order valence-corrected chi connectivity index (χ3v) is 5.28. The van der Waals surface area contributed by atoms with Crippen LogP contribution in [0.25, 0.3) is 0 Å². The van der Waals surface area contributed by atoms with Gasteiger partial charge in [-0.1, -0.05) is 12.1 Å². The number of carbonyl (C=O) groups excluding carboxylic acids is 2. The first-order chi connectivity index (χ1) is 14.0. The molecular formula is C22H30N4O3. The zero-order chi connectivity index (χ0) is 20.6. The van der Waals surface area contributed by atoms with Crippen molar-refractivity contribution in [3.8, 4) is 5.75 Å². The molecule has 1 saturated heterocycles. The Morgan fingerprint density at radius 1 is 1.28 bits per heavy atom. The van der Waals surface area contributed by atoms with Crippen LogP contribution in [0, 0.1) is 12.8 Å². The average Bonchev–Trinajstić information content (AvgIpc) is 3.16. The Balaban J connectivity index is 1.30. The molecule has 0 aliphatic carbocycles. The zero-order valence-electron chi connectivity index (χ0n) is 17.3. The molecule has 0 bridgehead atoms. The summed E-state index contributed by atoms with van der Waals surface area (Å²) < 4.78 is 7.33. The van der Waals surface area contributed by atoms with Gasteiger partial charge in [-0.25, -0.2) is 0 Å². The lowest BCUT2D eigenvalue weighted by Crippen LogP contribution is -2.41. The molecule has 0 spiro atoms. The zero-order valence-corrected chi connectivity index (χ0v) is 17.3. The largest absolute Gasteiger partial charge is 0.494 e. The van der Waals surface area contributed by atoms with Gasteiger partial charge in [-0.2, -0.15) is 5.10 Å². The second-order valence-electron chi connectivity index (χ2n) is 7.71. The summed E-state index contributed by atoms with van der Waals surface area (Å²) in [5, 5.41) is 6.99. The van der Waals surface area contributed by atoms with Gasteiger partial charge in [0.15, 0.2) is 0 Å². The number of ether oxygens (including phenoxy) is 1. The number of carbonyl (C=O) groups is 2. The van der Waals surface area contributed by atoms with Gasteiger partial charge >= 0.3 is 0 Å². The van der Waals surface area contributed by atoms with Gasteiger partial charge in [0, 0.05) is 39.3 Å². The quantitative estimate of drug-likeness (QED) is 0.694. The number of amides is 2. The monoisotopic (exact) mass is 398 g/mol. The van der Waals surface area contributed by atoms with Gasteiger partial charge in [-0.15, -0.1) is 0 Å². The summed E-state index contributed by atoms with van der Waals surface area (Å²) in [4.78, 5) is 26.5. The van der Waals surface area contributed by atoms with E-state index < -0.39 is 0 Å². The second kappa shape index (κ2) is 10.1. The summed E-state index contributed by atoms with van der Waals surface area (Å²) >= 11 is 0. The van der Waals surface area contributed by atoms with Crippen LogP contribution in [0.3, 0.4) is 0 Å². The van der Waals surface area contributed by atoms with Crippen LogP contribution in [0.4, 0.5) is 0 Å². The summed E-state index contributed by atoms with van der Waals surface area (Å²) in [6.45, 7) is 4.73. The van der Waals surface area contributed by atoms with Crippen LogP contribution in [0.5, 0.6) is 5.75 Å². The molecule has 1 aromatic heterocycles. The molecular weight excluding hydrogens is 368 g/mol. The van der Waals surface area contributed by atoms with Gasteiger partial charge in [-0.3, -0.25) is 14.3 Å². The molecule has 0 atom stereocenters. The molecule has 29 heavy (non-hydrogen) atoms. The molecule has 3 rings (SSSR count). The highest BCUT2D eigenvalue weighted by Crippen LogP contribution is 2.18. The van der Waals surface area contributed by atoms with E-state index in [1.807, 2.05) is 36.1 Å². The number of hydrogen-bond donors (Lipinski definition) is 1. The molecule has 0 saturated carbocycles. The summed E-state index contributed by atoms with van der Waals surface area (Å²) in [5.74, 6) is 1.36. The predicted octanol–water partition coefficient (Wildman–Crippen LogP) is 2.56. The lowest BCUT2D eigenvalue weighted by Gasteiger charge is -2.32. The molecule has 0 radical (unpaired) electrons. The van der Waals surface area contributed by atoms with Crippen molar-refractivity contribution in [3.63, 3.8) is 0 Å². The minimum atomic E-state index is -0.0924. The number of piperidine rings is 1. The fourth-order valence-corrected chi connectivity index (χ4v) is 3.54. The van der Waals surface area contributed by atoms with Gasteiger partial charge in [0.1, 0.15) is 5.75 Å². The van der Waals surface area contributed by atoms with Crippen LogP contribution >= 0.6 is 0 Å². The molecule has 1 aliphatic rings. The third-order valence-electron chi connectivity index (χ3n) is 5.28. The van der Waals surface area contributed by atoms with E-state index in [1.165, 1.54) is 0 Å². The lowest BCUT2D eigenvalue weighted by molar-refractivity contribution is -0.132. The fraction of sp³-hybridized carbons (Fsp3) is 0.500. The minimum Gasteiger partial charge on any atom is -0.494 e. The van der Waals surface area contributed by atoms with Crippen molar-refractivity contribution in [1.82, 2.24) is 20.0 Å². The summed E-state index contributed by atoms with van der Waals surface area (Å²) in [5.41, 5.74) is 1.74. The van der Waals surface area contributed by atoms with Crippen LogP contribution < -0.4 is 10.1 Å². The van der Waals surface area contributed by atoms with Crippen molar-refractivity contribution >= 4 is 11.8 Å². The first-order valence-corrected chi connectivity index (χ1v) is 10.3. The predicted molar refractivity (Wildman–Crippen MR) is 111 cm³/mol. The molecule has 2 aromatic rings.